The number of anilines is 1. The lowest BCUT2D eigenvalue weighted by Gasteiger charge is -2.32. The predicted molar refractivity (Wildman–Crippen MR) is 140 cm³/mol. The molecule has 9 nitrogen and oxygen atoms in total. The molecule has 2 atom stereocenters. The zero-order chi connectivity index (χ0) is 28.4. The Morgan fingerprint density at radius 3 is 2.69 bits per heavy atom. The lowest BCUT2D eigenvalue weighted by Crippen LogP contribution is -2.41. The number of alkyl halides is 3. The summed E-state index contributed by atoms with van der Waals surface area (Å²) in [5.74, 6) is -0.190. The van der Waals surface area contributed by atoms with Gasteiger partial charge in [0.05, 0.1) is 35.2 Å². The molecule has 1 aromatic heterocycles. The molecule has 0 aliphatic carbocycles. The molecule has 39 heavy (non-hydrogen) atoms. The van der Waals surface area contributed by atoms with Gasteiger partial charge >= 0.3 is 6.18 Å². The third kappa shape index (κ3) is 7.16. The van der Waals surface area contributed by atoms with Gasteiger partial charge in [0.15, 0.2) is 6.61 Å². The minimum atomic E-state index is -4.54. The quantitative estimate of drug-likeness (QED) is 0.409. The second-order valence-corrected chi connectivity index (χ2v) is 11.3. The number of likely N-dealkylation sites (tertiary alicyclic amines) is 1. The Morgan fingerprint density at radius 1 is 1.26 bits per heavy atom. The first-order valence-corrected chi connectivity index (χ1v) is 14.0. The van der Waals surface area contributed by atoms with Crippen LogP contribution in [0, 0.1) is 0 Å². The molecule has 1 fully saturated rings. The summed E-state index contributed by atoms with van der Waals surface area (Å²) < 4.78 is 71.9. The number of aromatic nitrogens is 1. The van der Waals surface area contributed by atoms with Gasteiger partial charge in [-0.25, -0.2) is 8.42 Å². The summed E-state index contributed by atoms with van der Waals surface area (Å²) >= 11 is 0. The zero-order valence-corrected chi connectivity index (χ0v) is 22.2. The number of ether oxygens (including phenoxy) is 1. The van der Waals surface area contributed by atoms with Crippen molar-refractivity contribution in [3.63, 3.8) is 0 Å². The van der Waals surface area contributed by atoms with E-state index in [1.54, 1.807) is 18.2 Å². The van der Waals surface area contributed by atoms with Gasteiger partial charge in [0.2, 0.25) is 10.0 Å². The molecule has 2 aromatic carbocycles. The Bertz CT molecular complexity index is 1450. The Kier molecular flexibility index (Phi) is 8.33. The Labute approximate surface area is 224 Å². The number of hydrogen-bond acceptors (Lipinski definition) is 7. The first-order chi connectivity index (χ1) is 18.3. The van der Waals surface area contributed by atoms with Gasteiger partial charge in [-0.2, -0.15) is 13.2 Å². The van der Waals surface area contributed by atoms with Crippen LogP contribution in [0.5, 0.6) is 5.75 Å². The average Bonchev–Trinajstić information content (AvgIpc) is 3.29. The number of carbonyl (C=O) groups is 1. The van der Waals surface area contributed by atoms with Crippen LogP contribution in [-0.2, 0) is 21.0 Å². The molecular weight excluding hydrogens is 537 g/mol. The minimum absolute atomic E-state index is 0.235. The molecule has 4 rings (SSSR count). The number of fused-ring (bicyclic) bond motifs is 1. The number of aliphatic hydroxyl groups excluding tert-OH is 1. The summed E-state index contributed by atoms with van der Waals surface area (Å²) in [4.78, 5) is 20.7. The van der Waals surface area contributed by atoms with Crippen molar-refractivity contribution in [2.75, 3.05) is 44.3 Å². The summed E-state index contributed by atoms with van der Waals surface area (Å²) in [7, 11) is -2.06. The van der Waals surface area contributed by atoms with Crippen LogP contribution in [0.4, 0.5) is 18.9 Å². The summed E-state index contributed by atoms with van der Waals surface area (Å²) in [6.07, 6.45) is -2.01. The number of sulfonamides is 1. The molecule has 1 aliphatic rings. The largest absolute Gasteiger partial charge is 0.483 e. The molecule has 2 heterocycles. The van der Waals surface area contributed by atoms with Crippen molar-refractivity contribution in [1.29, 1.82) is 0 Å². The standard InChI is InChI=1S/C26H29F3N4O5S/c1-32(22(15-33-12-10-19(34)14-33)17-5-3-6-18(13-17)26(27,28)29)24(35)16-38-23-9-8-21(31-39(2,36)37)25-20(23)7-4-11-30-25/h3-9,11,13,19,22,31,34H,10,12,14-16H2,1-2H3/t19-,22?/m0/s1. The predicted octanol–water partition coefficient (Wildman–Crippen LogP) is 3.27. The number of likely N-dealkylation sites (N-methyl/N-ethyl adjacent to an activating group) is 1. The van der Waals surface area contributed by atoms with E-state index in [1.807, 2.05) is 4.90 Å². The highest BCUT2D eigenvalue weighted by atomic mass is 32.2. The molecule has 1 aliphatic heterocycles. The molecule has 0 radical (unpaired) electrons. The van der Waals surface area contributed by atoms with Gasteiger partial charge in [-0.3, -0.25) is 19.4 Å². The lowest BCUT2D eigenvalue weighted by atomic mass is 10.0. The van der Waals surface area contributed by atoms with Gasteiger partial charge in [-0.05, 0) is 48.4 Å². The minimum Gasteiger partial charge on any atom is -0.483 e. The second-order valence-electron chi connectivity index (χ2n) is 9.52. The molecule has 0 saturated carbocycles. The van der Waals surface area contributed by atoms with E-state index in [-0.39, 0.29) is 18.0 Å². The van der Waals surface area contributed by atoms with Gasteiger partial charge < -0.3 is 14.7 Å². The molecule has 1 amide bonds. The number of β-amino-alcohol motifs (C(OH)–C–C–N with tert-alkyl or cyclic N) is 1. The van der Waals surface area contributed by atoms with E-state index in [1.165, 1.54) is 36.3 Å². The second kappa shape index (κ2) is 11.4. The number of halogens is 3. The summed E-state index contributed by atoms with van der Waals surface area (Å²) in [6, 6.07) is 10.4. The van der Waals surface area contributed by atoms with Gasteiger partial charge in [-0.1, -0.05) is 12.1 Å². The number of rotatable bonds is 9. The molecular formula is C26H29F3N4O5S. The van der Waals surface area contributed by atoms with Crippen LogP contribution in [0.25, 0.3) is 10.9 Å². The van der Waals surface area contributed by atoms with Crippen molar-refractivity contribution in [2.24, 2.45) is 0 Å². The lowest BCUT2D eigenvalue weighted by molar-refractivity contribution is -0.137. The Hall–Kier alpha value is -3.42. The Morgan fingerprint density at radius 2 is 2.03 bits per heavy atom. The fourth-order valence-corrected chi connectivity index (χ4v) is 5.13. The monoisotopic (exact) mass is 566 g/mol. The first-order valence-electron chi connectivity index (χ1n) is 12.1. The molecule has 1 saturated heterocycles. The first kappa shape index (κ1) is 28.6. The van der Waals surface area contributed by atoms with E-state index in [4.69, 9.17) is 4.74 Å². The number of pyridine rings is 1. The SMILES string of the molecule is CN(C(=O)COc1ccc(NS(C)(=O)=O)c2ncccc12)C(CN1CC[C@H](O)C1)c1cccc(C(F)(F)F)c1. The van der Waals surface area contributed by atoms with Crippen LogP contribution in [0.15, 0.2) is 54.7 Å². The van der Waals surface area contributed by atoms with E-state index >= 15 is 0 Å². The topological polar surface area (TPSA) is 112 Å². The fourth-order valence-electron chi connectivity index (χ4n) is 4.57. The summed E-state index contributed by atoms with van der Waals surface area (Å²) in [5, 5.41) is 10.4. The van der Waals surface area contributed by atoms with Crippen LogP contribution >= 0.6 is 0 Å². The highest BCUT2D eigenvalue weighted by Crippen LogP contribution is 2.33. The Balaban J connectivity index is 1.56. The molecule has 1 unspecified atom stereocenters. The van der Waals surface area contributed by atoms with E-state index < -0.39 is 46.4 Å². The van der Waals surface area contributed by atoms with Crippen molar-refractivity contribution in [1.82, 2.24) is 14.8 Å². The number of amides is 1. The van der Waals surface area contributed by atoms with Crippen molar-refractivity contribution >= 4 is 32.5 Å². The van der Waals surface area contributed by atoms with Crippen molar-refractivity contribution < 1.29 is 36.2 Å². The normalized spacial score (nSPS) is 17.2. The van der Waals surface area contributed by atoms with Gasteiger partial charge in [0, 0.05) is 38.3 Å². The third-order valence-corrected chi connectivity index (χ3v) is 7.11. The number of carbonyl (C=O) groups excluding carboxylic acids is 1. The van der Waals surface area contributed by atoms with Gasteiger partial charge in [0.25, 0.3) is 5.91 Å². The van der Waals surface area contributed by atoms with Crippen LogP contribution in [0.1, 0.15) is 23.6 Å². The van der Waals surface area contributed by atoms with E-state index in [0.29, 0.717) is 36.0 Å². The van der Waals surface area contributed by atoms with Crippen LogP contribution < -0.4 is 9.46 Å². The maximum atomic E-state index is 13.4. The highest BCUT2D eigenvalue weighted by molar-refractivity contribution is 7.92. The molecule has 13 heteroatoms. The number of nitrogens with zero attached hydrogens (tertiary/aromatic N) is 3. The van der Waals surface area contributed by atoms with Crippen molar-refractivity contribution in [2.45, 2.75) is 24.7 Å². The van der Waals surface area contributed by atoms with Crippen LogP contribution in [0.3, 0.4) is 0 Å². The van der Waals surface area contributed by atoms with Crippen LogP contribution in [0.2, 0.25) is 0 Å². The van der Waals surface area contributed by atoms with Crippen molar-refractivity contribution in [3.05, 3.63) is 65.9 Å². The molecule has 2 N–H and O–H groups in total. The summed E-state index contributed by atoms with van der Waals surface area (Å²) in [5.41, 5.74) is 0.0789. The maximum Gasteiger partial charge on any atom is 0.416 e. The van der Waals surface area contributed by atoms with Crippen LogP contribution in [-0.4, -0.2) is 79.9 Å². The fraction of sp³-hybridized carbons (Fsp3) is 0.385. The van der Waals surface area contributed by atoms with E-state index in [2.05, 4.69) is 9.71 Å². The van der Waals surface area contributed by atoms with Gasteiger partial charge in [-0.15, -0.1) is 0 Å². The number of nitrogens with one attached hydrogen (secondary N) is 1. The van der Waals surface area contributed by atoms with E-state index in [0.717, 1.165) is 18.4 Å². The van der Waals surface area contributed by atoms with Crippen molar-refractivity contribution in [3.8, 4) is 5.75 Å². The summed E-state index contributed by atoms with van der Waals surface area (Å²) in [6.45, 7) is 0.736. The average molecular weight is 567 g/mol. The number of hydrogen-bond donors (Lipinski definition) is 2. The van der Waals surface area contributed by atoms with E-state index in [9.17, 15) is 31.5 Å². The molecule has 0 spiro atoms. The maximum absolute atomic E-state index is 13.4. The number of aliphatic hydroxyl groups is 1. The zero-order valence-electron chi connectivity index (χ0n) is 21.4. The molecule has 0 bridgehead atoms. The third-order valence-electron chi connectivity index (χ3n) is 6.51. The highest BCUT2D eigenvalue weighted by Gasteiger charge is 2.33. The molecule has 3 aromatic rings. The van der Waals surface area contributed by atoms with Gasteiger partial charge in [0.1, 0.15) is 5.75 Å². The number of benzene rings is 2. The smallest absolute Gasteiger partial charge is 0.416 e. The molecule has 210 valence electrons.